The molecule has 0 aliphatic carbocycles. The lowest BCUT2D eigenvalue weighted by molar-refractivity contribution is 0.194. The van der Waals surface area contributed by atoms with Crippen LogP contribution in [0.25, 0.3) is 0 Å². The van der Waals surface area contributed by atoms with Crippen molar-refractivity contribution in [1.82, 2.24) is 10.2 Å². The van der Waals surface area contributed by atoms with Crippen LogP contribution in [-0.4, -0.2) is 36.6 Å². The zero-order valence-electron chi connectivity index (χ0n) is 9.12. The lowest BCUT2D eigenvalue weighted by atomic mass is 10.1. The minimum Gasteiger partial charge on any atom is -0.351 e. The molecule has 1 heterocycles. The summed E-state index contributed by atoms with van der Waals surface area (Å²) in [6.07, 6.45) is 2.36. The van der Waals surface area contributed by atoms with Crippen molar-refractivity contribution in [2.75, 3.05) is 19.6 Å². The Kier molecular flexibility index (Phi) is 4.20. The maximum Gasteiger partial charge on any atom is 0.314 e. The number of nitrogens with two attached hydrogens (primary N) is 1. The van der Waals surface area contributed by atoms with Crippen LogP contribution < -0.4 is 11.1 Å². The summed E-state index contributed by atoms with van der Waals surface area (Å²) in [7, 11) is 0. The highest BCUT2D eigenvalue weighted by Crippen LogP contribution is 2.08. The van der Waals surface area contributed by atoms with Gasteiger partial charge < -0.3 is 16.0 Å². The third-order valence-electron chi connectivity index (χ3n) is 2.50. The van der Waals surface area contributed by atoms with Gasteiger partial charge in [0.15, 0.2) is 0 Å². The Morgan fingerprint density at radius 2 is 2.36 bits per heavy atom. The maximum atomic E-state index is 11.1. The minimum absolute atomic E-state index is 0.299. The summed E-state index contributed by atoms with van der Waals surface area (Å²) >= 11 is 0. The van der Waals surface area contributed by atoms with Gasteiger partial charge in [0.1, 0.15) is 0 Å². The maximum absolute atomic E-state index is 11.1. The van der Waals surface area contributed by atoms with Crippen molar-refractivity contribution in [2.45, 2.75) is 32.7 Å². The highest BCUT2D eigenvalue weighted by Gasteiger charge is 2.20. The molecule has 4 nitrogen and oxygen atoms in total. The van der Waals surface area contributed by atoms with Crippen molar-refractivity contribution < 1.29 is 4.79 Å². The van der Waals surface area contributed by atoms with E-state index in [1.54, 1.807) is 4.90 Å². The Morgan fingerprint density at radius 3 is 2.79 bits per heavy atom. The molecule has 14 heavy (non-hydrogen) atoms. The van der Waals surface area contributed by atoms with Crippen molar-refractivity contribution >= 4 is 6.03 Å². The summed E-state index contributed by atoms with van der Waals surface area (Å²) in [5, 5.41) is 3.37. The molecule has 0 aromatic rings. The molecule has 0 radical (unpaired) electrons. The van der Waals surface area contributed by atoms with Crippen molar-refractivity contribution in [3.05, 3.63) is 0 Å². The van der Waals surface area contributed by atoms with Crippen LogP contribution in [0.5, 0.6) is 0 Å². The number of nitrogens with one attached hydrogen (secondary N) is 1. The molecule has 0 bridgehead atoms. The van der Waals surface area contributed by atoms with E-state index in [9.17, 15) is 4.79 Å². The molecule has 1 saturated heterocycles. The number of hydrogen-bond donors (Lipinski definition) is 2. The molecule has 4 heteroatoms. The summed E-state index contributed by atoms with van der Waals surface area (Å²) in [6, 6.07) is 0.147. The molecule has 0 spiro atoms. The zero-order chi connectivity index (χ0) is 10.6. The second kappa shape index (κ2) is 5.20. The van der Waals surface area contributed by atoms with E-state index < -0.39 is 0 Å². The Hall–Kier alpha value is -0.770. The fourth-order valence-electron chi connectivity index (χ4n) is 1.87. The van der Waals surface area contributed by atoms with Gasteiger partial charge in [0.05, 0.1) is 0 Å². The fraction of sp³-hybridized carbons (Fsp3) is 0.900. The van der Waals surface area contributed by atoms with Gasteiger partial charge in [-0.05, 0) is 25.3 Å². The number of nitrogens with zero attached hydrogens (tertiary/aromatic N) is 1. The average molecular weight is 199 g/mol. The molecule has 2 amide bonds. The standard InChI is InChI=1S/C10H21N3O/c1-8(2)6-13(10(11)14)7-9-4-3-5-12-9/h8-9,12H,3-7H2,1-2H3,(H2,11,14). The van der Waals surface area contributed by atoms with Crippen LogP contribution in [0.3, 0.4) is 0 Å². The summed E-state index contributed by atoms with van der Waals surface area (Å²) in [4.78, 5) is 12.9. The SMILES string of the molecule is CC(C)CN(CC1CCCN1)C(N)=O. The molecule has 1 unspecified atom stereocenters. The van der Waals surface area contributed by atoms with Gasteiger partial charge in [-0.25, -0.2) is 4.79 Å². The molecular formula is C10H21N3O. The number of carbonyl (C=O) groups is 1. The number of rotatable bonds is 4. The topological polar surface area (TPSA) is 58.4 Å². The quantitative estimate of drug-likeness (QED) is 0.703. The minimum atomic E-state index is -0.299. The molecule has 1 atom stereocenters. The van der Waals surface area contributed by atoms with Crippen LogP contribution in [0.15, 0.2) is 0 Å². The molecular weight excluding hydrogens is 178 g/mol. The highest BCUT2D eigenvalue weighted by atomic mass is 16.2. The number of hydrogen-bond acceptors (Lipinski definition) is 2. The third-order valence-corrected chi connectivity index (χ3v) is 2.50. The Labute approximate surface area is 85.8 Å². The van der Waals surface area contributed by atoms with Crippen molar-refractivity contribution in [3.8, 4) is 0 Å². The van der Waals surface area contributed by atoms with Crippen LogP contribution in [0.1, 0.15) is 26.7 Å². The van der Waals surface area contributed by atoms with Crippen molar-refractivity contribution in [2.24, 2.45) is 11.7 Å². The first-order valence-corrected chi connectivity index (χ1v) is 5.37. The molecule has 1 aliphatic heterocycles. The van der Waals surface area contributed by atoms with Crippen LogP contribution in [0.2, 0.25) is 0 Å². The van der Waals surface area contributed by atoms with E-state index in [1.807, 2.05) is 0 Å². The molecule has 3 N–H and O–H groups in total. The van der Waals surface area contributed by atoms with Crippen LogP contribution in [0.4, 0.5) is 4.79 Å². The number of urea groups is 1. The normalized spacial score (nSPS) is 21.5. The molecule has 1 fully saturated rings. The number of carbonyl (C=O) groups excluding carboxylic acids is 1. The first kappa shape index (κ1) is 11.3. The Balaban J connectivity index is 2.37. The largest absolute Gasteiger partial charge is 0.351 e. The second-order valence-electron chi connectivity index (χ2n) is 4.43. The number of amides is 2. The monoisotopic (exact) mass is 199 g/mol. The van der Waals surface area contributed by atoms with Crippen molar-refractivity contribution in [3.63, 3.8) is 0 Å². The predicted molar refractivity (Wildman–Crippen MR) is 57.0 cm³/mol. The van der Waals surface area contributed by atoms with Gasteiger partial charge in [0, 0.05) is 19.1 Å². The number of primary amides is 1. The van der Waals surface area contributed by atoms with E-state index in [-0.39, 0.29) is 6.03 Å². The average Bonchev–Trinajstić information content (AvgIpc) is 2.54. The van der Waals surface area contributed by atoms with Gasteiger partial charge in [0.2, 0.25) is 0 Å². The summed E-state index contributed by atoms with van der Waals surface area (Å²) in [5.74, 6) is 0.476. The van der Waals surface area contributed by atoms with Gasteiger partial charge in [0.25, 0.3) is 0 Å². The van der Waals surface area contributed by atoms with E-state index in [4.69, 9.17) is 5.73 Å². The zero-order valence-corrected chi connectivity index (χ0v) is 9.12. The fourth-order valence-corrected chi connectivity index (χ4v) is 1.87. The van der Waals surface area contributed by atoms with Crippen LogP contribution in [-0.2, 0) is 0 Å². The smallest absolute Gasteiger partial charge is 0.314 e. The van der Waals surface area contributed by atoms with Gasteiger partial charge in [-0.1, -0.05) is 13.8 Å². The summed E-state index contributed by atoms with van der Waals surface area (Å²) in [6.45, 7) is 6.77. The van der Waals surface area contributed by atoms with E-state index in [0.717, 1.165) is 26.1 Å². The highest BCUT2D eigenvalue weighted by molar-refractivity contribution is 5.72. The predicted octanol–water partition coefficient (Wildman–Crippen LogP) is 0.775. The molecule has 0 aromatic heterocycles. The molecule has 1 rings (SSSR count). The lowest BCUT2D eigenvalue weighted by Crippen LogP contribution is -2.45. The van der Waals surface area contributed by atoms with Crippen LogP contribution >= 0.6 is 0 Å². The molecule has 1 aliphatic rings. The molecule has 82 valence electrons. The van der Waals surface area contributed by atoms with Gasteiger partial charge >= 0.3 is 6.03 Å². The van der Waals surface area contributed by atoms with E-state index in [0.29, 0.717) is 12.0 Å². The summed E-state index contributed by atoms with van der Waals surface area (Å²) < 4.78 is 0. The first-order valence-electron chi connectivity index (χ1n) is 5.37. The Bertz CT molecular complexity index is 188. The van der Waals surface area contributed by atoms with E-state index in [2.05, 4.69) is 19.2 Å². The third kappa shape index (κ3) is 3.54. The lowest BCUT2D eigenvalue weighted by Gasteiger charge is -2.25. The van der Waals surface area contributed by atoms with Gasteiger partial charge in [-0.15, -0.1) is 0 Å². The van der Waals surface area contributed by atoms with E-state index >= 15 is 0 Å². The van der Waals surface area contributed by atoms with Crippen molar-refractivity contribution in [1.29, 1.82) is 0 Å². The van der Waals surface area contributed by atoms with E-state index in [1.165, 1.54) is 6.42 Å². The summed E-state index contributed by atoms with van der Waals surface area (Å²) in [5.41, 5.74) is 5.32. The first-order chi connectivity index (χ1) is 6.59. The van der Waals surface area contributed by atoms with Gasteiger partial charge in [-0.3, -0.25) is 0 Å². The second-order valence-corrected chi connectivity index (χ2v) is 4.43. The van der Waals surface area contributed by atoms with Gasteiger partial charge in [-0.2, -0.15) is 0 Å². The van der Waals surface area contributed by atoms with Crippen LogP contribution in [0, 0.1) is 5.92 Å². The molecule has 0 aromatic carbocycles. The molecule has 0 saturated carbocycles. The Morgan fingerprint density at radius 1 is 1.64 bits per heavy atom.